The number of nitrogens with one attached hydrogen (secondary N) is 3. The Morgan fingerprint density at radius 2 is 1.78 bits per heavy atom. The Hall–Kier alpha value is -1.97. The molecular weight excluding hydrogens is 402 g/mol. The molecule has 0 spiro atoms. The van der Waals surface area contributed by atoms with Crippen molar-refractivity contribution in [1.29, 1.82) is 0 Å². The molecule has 1 amide bonds. The summed E-state index contributed by atoms with van der Waals surface area (Å²) in [5, 5.41) is 5.63. The summed E-state index contributed by atoms with van der Waals surface area (Å²) in [6.07, 6.45) is 1.50. The van der Waals surface area contributed by atoms with Crippen molar-refractivity contribution in [3.05, 3.63) is 37.4 Å². The van der Waals surface area contributed by atoms with E-state index in [1.54, 1.807) is 11.3 Å². The summed E-state index contributed by atoms with van der Waals surface area (Å²) in [6, 6.07) is 0. The number of ether oxygens (including phenoxy) is 1. The van der Waals surface area contributed by atoms with Crippen molar-refractivity contribution in [1.82, 2.24) is 10.9 Å². The van der Waals surface area contributed by atoms with Crippen molar-refractivity contribution in [2.45, 2.75) is 40.5 Å². The highest BCUT2D eigenvalue weighted by Gasteiger charge is 2.22. The number of amides is 1. The summed E-state index contributed by atoms with van der Waals surface area (Å²) in [4.78, 5) is 26.7. The van der Waals surface area contributed by atoms with Crippen LogP contribution >= 0.6 is 34.9 Å². The summed E-state index contributed by atoms with van der Waals surface area (Å²) in [7, 11) is 1.35. The van der Waals surface area contributed by atoms with Gasteiger partial charge in [0.2, 0.25) is 0 Å². The molecule has 0 aromatic carbocycles. The fraction of sp³-hybridized carbons (Fsp3) is 0.389. The Bertz CT molecular complexity index is 871. The zero-order valence-corrected chi connectivity index (χ0v) is 18.4. The van der Waals surface area contributed by atoms with Gasteiger partial charge in [-0.25, -0.2) is 4.79 Å². The number of carbonyl (C=O) groups excluding carboxylic acids is 2. The van der Waals surface area contributed by atoms with E-state index >= 15 is 0 Å². The van der Waals surface area contributed by atoms with Crippen molar-refractivity contribution >= 4 is 56.9 Å². The highest BCUT2D eigenvalue weighted by molar-refractivity contribution is 7.80. The highest BCUT2D eigenvalue weighted by Crippen LogP contribution is 2.33. The first-order chi connectivity index (χ1) is 12.8. The van der Waals surface area contributed by atoms with Crippen molar-refractivity contribution < 1.29 is 14.3 Å². The number of methoxy groups -OCH3 is 1. The number of anilines is 1. The van der Waals surface area contributed by atoms with E-state index < -0.39 is 5.97 Å². The molecule has 0 unspecified atom stereocenters. The predicted octanol–water partition coefficient (Wildman–Crippen LogP) is 3.97. The largest absolute Gasteiger partial charge is 0.465 e. The van der Waals surface area contributed by atoms with Gasteiger partial charge in [-0.2, -0.15) is 0 Å². The highest BCUT2D eigenvalue weighted by atomic mass is 32.1. The molecule has 2 rings (SSSR count). The van der Waals surface area contributed by atoms with Gasteiger partial charge in [0.25, 0.3) is 5.91 Å². The lowest BCUT2D eigenvalue weighted by Gasteiger charge is -2.12. The number of carbonyl (C=O) groups is 2. The molecule has 0 radical (unpaired) electrons. The first kappa shape index (κ1) is 21.3. The molecule has 0 fully saturated rings. The molecule has 0 saturated heterocycles. The van der Waals surface area contributed by atoms with Gasteiger partial charge in [-0.1, -0.05) is 13.8 Å². The molecule has 0 bridgehead atoms. The Labute approximate surface area is 172 Å². The summed E-state index contributed by atoms with van der Waals surface area (Å²) < 4.78 is 4.89. The van der Waals surface area contributed by atoms with Crippen molar-refractivity contribution in [2.75, 3.05) is 12.4 Å². The Balaban J connectivity index is 2.08. The average molecular weight is 426 g/mol. The fourth-order valence-corrected chi connectivity index (χ4v) is 5.13. The molecule has 0 aliphatic rings. The number of esters is 1. The molecular formula is C18H23N3O3S3. The molecule has 2 heterocycles. The van der Waals surface area contributed by atoms with Gasteiger partial charge in [0, 0.05) is 15.1 Å². The number of thiophene rings is 2. The maximum atomic E-state index is 12.4. The van der Waals surface area contributed by atoms with E-state index in [1.165, 1.54) is 18.4 Å². The molecule has 3 N–H and O–H groups in total. The minimum Gasteiger partial charge on any atom is -0.465 e. The van der Waals surface area contributed by atoms with E-state index in [9.17, 15) is 9.59 Å². The summed E-state index contributed by atoms with van der Waals surface area (Å²) in [5.74, 6) is -0.656. The van der Waals surface area contributed by atoms with Crippen LogP contribution in [0.25, 0.3) is 0 Å². The normalized spacial score (nSPS) is 10.4. The van der Waals surface area contributed by atoms with Gasteiger partial charge >= 0.3 is 5.97 Å². The van der Waals surface area contributed by atoms with Gasteiger partial charge < -0.3 is 10.1 Å². The van der Waals surface area contributed by atoms with Crippen LogP contribution < -0.4 is 16.2 Å². The molecule has 0 aliphatic heterocycles. The van der Waals surface area contributed by atoms with Crippen molar-refractivity contribution in [3.63, 3.8) is 0 Å². The van der Waals surface area contributed by atoms with Gasteiger partial charge in [0.15, 0.2) is 5.11 Å². The van der Waals surface area contributed by atoms with Gasteiger partial charge in [-0.3, -0.25) is 15.6 Å². The number of hydrogen-bond donors (Lipinski definition) is 3. The lowest BCUT2D eigenvalue weighted by molar-refractivity contribution is 0.0601. The topological polar surface area (TPSA) is 79.5 Å². The minimum atomic E-state index is -0.410. The zero-order valence-electron chi connectivity index (χ0n) is 15.9. The number of rotatable bonds is 5. The minimum absolute atomic E-state index is 0.197. The molecule has 9 heteroatoms. The van der Waals surface area contributed by atoms with Crippen LogP contribution in [0, 0.1) is 13.8 Å². The lowest BCUT2D eigenvalue weighted by Crippen LogP contribution is -2.44. The van der Waals surface area contributed by atoms with Gasteiger partial charge in [-0.15, -0.1) is 22.7 Å². The summed E-state index contributed by atoms with van der Waals surface area (Å²) >= 11 is 8.24. The summed E-state index contributed by atoms with van der Waals surface area (Å²) in [6.45, 7) is 7.95. The number of aryl methyl sites for hydroxylation is 2. The molecule has 0 saturated carbocycles. The van der Waals surface area contributed by atoms with Crippen LogP contribution in [0.1, 0.15) is 55.4 Å². The third kappa shape index (κ3) is 4.66. The SMILES string of the molecule is CCc1c(C(=O)NNC(=S)Nc2sc(C)c(CC)c2C(=O)OC)csc1C. The van der Waals surface area contributed by atoms with Gasteiger partial charge in [0.1, 0.15) is 5.00 Å². The van der Waals surface area contributed by atoms with E-state index in [4.69, 9.17) is 17.0 Å². The Kier molecular flexibility index (Phi) is 7.34. The molecule has 2 aromatic rings. The smallest absolute Gasteiger partial charge is 0.341 e. The van der Waals surface area contributed by atoms with Crippen LogP contribution in [0.3, 0.4) is 0 Å². The summed E-state index contributed by atoms with van der Waals surface area (Å²) in [5.41, 5.74) is 8.41. The van der Waals surface area contributed by atoms with Crippen LogP contribution in [0.5, 0.6) is 0 Å². The third-order valence-electron chi connectivity index (χ3n) is 4.17. The molecule has 0 aliphatic carbocycles. The zero-order chi connectivity index (χ0) is 20.1. The first-order valence-corrected chi connectivity index (χ1v) is 10.6. The molecule has 2 aromatic heterocycles. The Morgan fingerprint density at radius 3 is 2.37 bits per heavy atom. The maximum absolute atomic E-state index is 12.4. The van der Waals surface area contributed by atoms with Crippen LogP contribution in [0.2, 0.25) is 0 Å². The van der Waals surface area contributed by atoms with Crippen LogP contribution in [-0.4, -0.2) is 24.1 Å². The van der Waals surface area contributed by atoms with Crippen molar-refractivity contribution in [3.8, 4) is 0 Å². The monoisotopic (exact) mass is 425 g/mol. The van der Waals surface area contributed by atoms with E-state index in [0.29, 0.717) is 22.5 Å². The first-order valence-electron chi connectivity index (χ1n) is 8.48. The fourth-order valence-electron chi connectivity index (χ4n) is 2.83. The second-order valence-corrected chi connectivity index (χ2v) is 8.47. The van der Waals surface area contributed by atoms with E-state index in [2.05, 4.69) is 16.2 Å². The van der Waals surface area contributed by atoms with Gasteiger partial charge in [-0.05, 0) is 50.0 Å². The van der Waals surface area contributed by atoms with Crippen LogP contribution in [-0.2, 0) is 17.6 Å². The number of hydrazine groups is 1. The molecule has 27 heavy (non-hydrogen) atoms. The average Bonchev–Trinajstić information content (AvgIpc) is 3.17. The lowest BCUT2D eigenvalue weighted by atomic mass is 10.1. The van der Waals surface area contributed by atoms with Gasteiger partial charge in [0.05, 0.1) is 18.2 Å². The van der Waals surface area contributed by atoms with E-state index in [0.717, 1.165) is 27.3 Å². The van der Waals surface area contributed by atoms with Crippen LogP contribution in [0.4, 0.5) is 5.00 Å². The standard InChI is InChI=1S/C18H23N3O3S3/c1-6-11-9(3)26-8-13(11)15(22)20-21-18(25)19-16-14(17(23)24-5)12(7-2)10(4)27-16/h8H,6-7H2,1-5H3,(H,20,22)(H2,19,21,25). The maximum Gasteiger partial charge on any atom is 0.341 e. The van der Waals surface area contributed by atoms with E-state index in [-0.39, 0.29) is 11.0 Å². The molecule has 0 atom stereocenters. The second-order valence-electron chi connectivity index (χ2n) is 5.76. The quantitative estimate of drug-likeness (QED) is 0.382. The number of hydrogen-bond acceptors (Lipinski definition) is 6. The van der Waals surface area contributed by atoms with Crippen molar-refractivity contribution in [2.24, 2.45) is 0 Å². The van der Waals surface area contributed by atoms with Crippen LogP contribution in [0.15, 0.2) is 5.38 Å². The number of thiocarbonyl (C=S) groups is 1. The second kappa shape index (κ2) is 9.29. The predicted molar refractivity (Wildman–Crippen MR) is 115 cm³/mol. The molecule has 6 nitrogen and oxygen atoms in total. The Morgan fingerprint density at radius 1 is 1.11 bits per heavy atom. The van der Waals surface area contributed by atoms with E-state index in [1.807, 2.05) is 33.1 Å². The third-order valence-corrected chi connectivity index (χ3v) is 6.39. The molecule has 146 valence electrons.